The van der Waals surface area contributed by atoms with Gasteiger partial charge in [-0.3, -0.25) is 4.79 Å². The molecular weight excluding hydrogens is 268 g/mol. The zero-order chi connectivity index (χ0) is 14.6. The fourth-order valence-corrected chi connectivity index (χ4v) is 3.01. The van der Waals surface area contributed by atoms with Crippen LogP contribution in [0, 0.1) is 5.92 Å². The number of rotatable bonds is 2. The predicted octanol–water partition coefficient (Wildman–Crippen LogP) is 1.96. The number of hydrogen-bond donors (Lipinski definition) is 1. The number of nitrogen functional groups attached to an aromatic ring is 1. The summed E-state index contributed by atoms with van der Waals surface area (Å²) in [4.78, 5) is 17.3. The van der Waals surface area contributed by atoms with Crippen molar-refractivity contribution in [2.45, 2.75) is 38.2 Å². The van der Waals surface area contributed by atoms with Gasteiger partial charge in [-0.05, 0) is 38.3 Å². The van der Waals surface area contributed by atoms with E-state index in [-0.39, 0.29) is 17.9 Å². The van der Waals surface area contributed by atoms with E-state index in [1.165, 1.54) is 17.5 Å². The van der Waals surface area contributed by atoms with Gasteiger partial charge < -0.3 is 10.5 Å². The molecule has 2 fully saturated rings. The molecule has 2 atom stereocenters. The second-order valence-electron chi connectivity index (χ2n) is 5.99. The highest BCUT2D eigenvalue weighted by molar-refractivity contribution is 5.95. The first kappa shape index (κ1) is 12.8. The maximum Gasteiger partial charge on any atom is 0.254 e. The Labute approximate surface area is 122 Å². The number of aromatic nitrogens is 3. The van der Waals surface area contributed by atoms with Crippen molar-refractivity contribution in [3.63, 3.8) is 0 Å². The summed E-state index contributed by atoms with van der Waals surface area (Å²) in [6, 6.07) is 3.92. The molecule has 6 nitrogen and oxygen atoms in total. The number of nitrogens with two attached hydrogens (primary N) is 1. The number of nitrogens with zero attached hydrogens (tertiary/aromatic N) is 3. The van der Waals surface area contributed by atoms with E-state index in [1.807, 2.05) is 19.1 Å². The number of anilines is 1. The Morgan fingerprint density at radius 2 is 2.19 bits per heavy atom. The lowest BCUT2D eigenvalue weighted by Crippen LogP contribution is -2.28. The van der Waals surface area contributed by atoms with E-state index >= 15 is 0 Å². The number of fused-ring (bicyclic) bond motifs is 1. The molecule has 1 saturated carbocycles. The molecule has 2 aliphatic rings. The maximum atomic E-state index is 12.7. The van der Waals surface area contributed by atoms with Crippen LogP contribution in [0.4, 0.5) is 5.82 Å². The molecule has 110 valence electrons. The minimum atomic E-state index is -0.168. The van der Waals surface area contributed by atoms with Crippen molar-refractivity contribution in [1.29, 1.82) is 0 Å². The van der Waals surface area contributed by atoms with Crippen LogP contribution in [0.2, 0.25) is 0 Å². The molecule has 1 saturated heterocycles. The highest BCUT2D eigenvalue weighted by atomic mass is 16.5. The summed E-state index contributed by atoms with van der Waals surface area (Å²) >= 11 is 0. The Balaban J connectivity index is 1.79. The van der Waals surface area contributed by atoms with Gasteiger partial charge in [0.25, 0.3) is 5.91 Å². The fourth-order valence-electron chi connectivity index (χ4n) is 3.01. The molecule has 3 heterocycles. The van der Waals surface area contributed by atoms with Gasteiger partial charge in [0.2, 0.25) is 0 Å². The summed E-state index contributed by atoms with van der Waals surface area (Å²) in [6.45, 7) is 2.54. The van der Waals surface area contributed by atoms with Crippen LogP contribution in [-0.4, -0.2) is 33.4 Å². The van der Waals surface area contributed by atoms with Gasteiger partial charge >= 0.3 is 0 Å². The molecule has 6 heteroatoms. The second-order valence-corrected chi connectivity index (χ2v) is 5.99. The van der Waals surface area contributed by atoms with E-state index in [9.17, 15) is 4.79 Å². The molecule has 2 aromatic heterocycles. The standard InChI is InChI=1S/C15H18N4O2/c1-8-10(6-7-21-8)15(20)19-14-11(13(16)18-19)4-5-12(17-14)9-2-3-9/h4-5,8-10H,2-3,6-7H2,1H3,(H2,16,18)/t8-,10-/m1/s1. The Morgan fingerprint density at radius 3 is 2.86 bits per heavy atom. The molecular formula is C15H18N4O2. The van der Waals surface area contributed by atoms with E-state index in [2.05, 4.69) is 10.1 Å². The van der Waals surface area contributed by atoms with Gasteiger partial charge in [0.1, 0.15) is 0 Å². The van der Waals surface area contributed by atoms with E-state index in [0.717, 1.165) is 17.5 Å². The number of hydrogen-bond acceptors (Lipinski definition) is 5. The molecule has 0 unspecified atom stereocenters. The van der Waals surface area contributed by atoms with Crippen LogP contribution in [-0.2, 0) is 4.74 Å². The van der Waals surface area contributed by atoms with Gasteiger partial charge in [0, 0.05) is 18.2 Å². The molecule has 2 aromatic rings. The van der Waals surface area contributed by atoms with Gasteiger partial charge in [-0.25, -0.2) is 4.98 Å². The summed E-state index contributed by atoms with van der Waals surface area (Å²) in [5.74, 6) is 0.656. The molecule has 0 amide bonds. The Morgan fingerprint density at radius 1 is 1.38 bits per heavy atom. The average Bonchev–Trinajstić information content (AvgIpc) is 3.17. The maximum absolute atomic E-state index is 12.7. The van der Waals surface area contributed by atoms with Gasteiger partial charge in [-0.2, -0.15) is 4.68 Å². The summed E-state index contributed by atoms with van der Waals surface area (Å²) in [7, 11) is 0. The first-order valence-corrected chi connectivity index (χ1v) is 7.46. The SMILES string of the molecule is C[C@H]1OCC[C@H]1C(=O)n1nc(N)c2ccc(C3CC3)nc21. The van der Waals surface area contributed by atoms with E-state index in [4.69, 9.17) is 10.5 Å². The normalized spacial score (nSPS) is 25.6. The number of pyridine rings is 1. The van der Waals surface area contributed by atoms with Crippen molar-refractivity contribution < 1.29 is 9.53 Å². The zero-order valence-electron chi connectivity index (χ0n) is 12.0. The van der Waals surface area contributed by atoms with E-state index in [0.29, 0.717) is 24.0 Å². The zero-order valence-corrected chi connectivity index (χ0v) is 12.0. The third kappa shape index (κ3) is 2.01. The molecule has 0 aromatic carbocycles. The monoisotopic (exact) mass is 286 g/mol. The molecule has 21 heavy (non-hydrogen) atoms. The lowest BCUT2D eigenvalue weighted by atomic mass is 10.0. The van der Waals surface area contributed by atoms with Crippen LogP contribution in [0.1, 0.15) is 42.6 Å². The lowest BCUT2D eigenvalue weighted by Gasteiger charge is -2.12. The smallest absolute Gasteiger partial charge is 0.254 e. The minimum Gasteiger partial charge on any atom is -0.382 e. The van der Waals surface area contributed by atoms with Crippen LogP contribution in [0.5, 0.6) is 0 Å². The van der Waals surface area contributed by atoms with Crippen molar-refractivity contribution in [3.05, 3.63) is 17.8 Å². The lowest BCUT2D eigenvalue weighted by molar-refractivity contribution is 0.0679. The third-order valence-electron chi connectivity index (χ3n) is 4.48. The van der Waals surface area contributed by atoms with E-state index < -0.39 is 0 Å². The van der Waals surface area contributed by atoms with Gasteiger partial charge in [-0.15, -0.1) is 5.10 Å². The van der Waals surface area contributed by atoms with Crippen molar-refractivity contribution >= 4 is 22.8 Å². The number of carbonyl (C=O) groups excluding carboxylic acids is 1. The van der Waals surface area contributed by atoms with E-state index in [1.54, 1.807) is 0 Å². The Bertz CT molecular complexity index is 720. The molecule has 0 radical (unpaired) electrons. The molecule has 2 N–H and O–H groups in total. The number of carbonyl (C=O) groups is 1. The van der Waals surface area contributed by atoms with Crippen molar-refractivity contribution in [3.8, 4) is 0 Å². The molecule has 4 rings (SSSR count). The van der Waals surface area contributed by atoms with Crippen LogP contribution in [0.15, 0.2) is 12.1 Å². The molecule has 1 aliphatic heterocycles. The fraction of sp³-hybridized carbons (Fsp3) is 0.533. The topological polar surface area (TPSA) is 83.0 Å². The minimum absolute atomic E-state index is 0.0675. The highest BCUT2D eigenvalue weighted by Crippen LogP contribution is 2.39. The molecule has 0 spiro atoms. The van der Waals surface area contributed by atoms with Crippen molar-refractivity contribution in [1.82, 2.24) is 14.8 Å². The summed E-state index contributed by atoms with van der Waals surface area (Å²) in [6.07, 6.45) is 2.99. The van der Waals surface area contributed by atoms with Crippen LogP contribution in [0.3, 0.4) is 0 Å². The summed E-state index contributed by atoms with van der Waals surface area (Å²) in [5, 5.41) is 4.97. The third-order valence-corrected chi connectivity index (χ3v) is 4.48. The van der Waals surface area contributed by atoms with Gasteiger partial charge in [0.15, 0.2) is 11.5 Å². The summed E-state index contributed by atoms with van der Waals surface area (Å²) in [5.41, 5.74) is 7.55. The predicted molar refractivity (Wildman–Crippen MR) is 78.1 cm³/mol. The molecule has 0 bridgehead atoms. The van der Waals surface area contributed by atoms with Crippen LogP contribution < -0.4 is 5.73 Å². The molecule has 1 aliphatic carbocycles. The number of ether oxygens (including phenoxy) is 1. The quantitative estimate of drug-likeness (QED) is 0.912. The Kier molecular flexibility index (Phi) is 2.75. The average molecular weight is 286 g/mol. The first-order valence-electron chi connectivity index (χ1n) is 7.46. The summed E-state index contributed by atoms with van der Waals surface area (Å²) < 4.78 is 6.87. The van der Waals surface area contributed by atoms with Gasteiger partial charge in [0.05, 0.1) is 17.4 Å². The van der Waals surface area contributed by atoms with Crippen molar-refractivity contribution in [2.24, 2.45) is 5.92 Å². The van der Waals surface area contributed by atoms with Crippen LogP contribution in [0.25, 0.3) is 11.0 Å². The largest absolute Gasteiger partial charge is 0.382 e. The van der Waals surface area contributed by atoms with Crippen molar-refractivity contribution in [2.75, 3.05) is 12.3 Å². The second kappa shape index (κ2) is 4.53. The van der Waals surface area contributed by atoms with Gasteiger partial charge in [-0.1, -0.05) is 0 Å². The highest BCUT2D eigenvalue weighted by Gasteiger charge is 2.34. The van der Waals surface area contributed by atoms with Crippen LogP contribution >= 0.6 is 0 Å². The Hall–Kier alpha value is -1.95. The first-order chi connectivity index (χ1) is 10.1.